The molecule has 4 rings (SSSR count). The molecule has 1 aromatic rings. The Balaban J connectivity index is 1.23. The summed E-state index contributed by atoms with van der Waals surface area (Å²) in [7, 11) is 0. The van der Waals surface area contributed by atoms with E-state index in [1.807, 2.05) is 0 Å². The van der Waals surface area contributed by atoms with Crippen molar-refractivity contribution < 1.29 is 9.59 Å². The van der Waals surface area contributed by atoms with Gasteiger partial charge in [-0.3, -0.25) is 19.8 Å². The number of carbonyl (C=O) groups excluding carboxylic acids is 2. The van der Waals surface area contributed by atoms with Crippen LogP contribution in [0.2, 0.25) is 0 Å². The molecule has 3 aliphatic rings. The van der Waals surface area contributed by atoms with Gasteiger partial charge in [-0.2, -0.15) is 9.36 Å². The highest BCUT2D eigenvalue weighted by molar-refractivity contribution is 7.09. The van der Waals surface area contributed by atoms with Gasteiger partial charge in [0.05, 0.1) is 0 Å². The number of nitrogens with one attached hydrogen (secondary N) is 1. The van der Waals surface area contributed by atoms with E-state index in [1.165, 1.54) is 50.6 Å². The highest BCUT2D eigenvalue weighted by atomic mass is 32.1. The van der Waals surface area contributed by atoms with Crippen LogP contribution >= 0.6 is 11.5 Å². The minimum Gasteiger partial charge on any atom is -0.347 e. The van der Waals surface area contributed by atoms with Crippen molar-refractivity contribution in [3.63, 3.8) is 0 Å². The van der Waals surface area contributed by atoms with E-state index in [1.54, 1.807) is 0 Å². The predicted molar refractivity (Wildman–Crippen MR) is 114 cm³/mol. The quantitative estimate of drug-likeness (QED) is 0.804. The maximum Gasteiger partial charge on any atom is 0.243 e. The average Bonchev–Trinajstić information content (AvgIpc) is 3.22. The highest BCUT2D eigenvalue weighted by Gasteiger charge is 2.32. The van der Waals surface area contributed by atoms with E-state index in [2.05, 4.69) is 29.4 Å². The third-order valence-corrected chi connectivity index (χ3v) is 7.31. The van der Waals surface area contributed by atoms with Gasteiger partial charge in [-0.25, -0.2) is 0 Å². The number of hydrogen-bond donors (Lipinski definition) is 1. The summed E-state index contributed by atoms with van der Waals surface area (Å²) in [5.74, 6) is 0.660. The smallest absolute Gasteiger partial charge is 0.243 e. The van der Waals surface area contributed by atoms with Crippen LogP contribution in [0.4, 0.5) is 11.1 Å². The maximum atomic E-state index is 13.0. The van der Waals surface area contributed by atoms with Gasteiger partial charge in [0.2, 0.25) is 22.9 Å². The number of piperazine rings is 1. The van der Waals surface area contributed by atoms with Crippen LogP contribution in [0.5, 0.6) is 0 Å². The van der Waals surface area contributed by atoms with Crippen LogP contribution in [0, 0.1) is 5.92 Å². The van der Waals surface area contributed by atoms with Crippen LogP contribution in [0.3, 0.4) is 0 Å². The average molecular weight is 421 g/mol. The molecule has 29 heavy (non-hydrogen) atoms. The normalized spacial score (nSPS) is 22.7. The van der Waals surface area contributed by atoms with E-state index in [0.717, 1.165) is 63.3 Å². The first-order valence-electron chi connectivity index (χ1n) is 11.0. The molecule has 0 unspecified atom stereocenters. The molecule has 0 atom stereocenters. The predicted octanol–water partition coefficient (Wildman–Crippen LogP) is 2.19. The number of aromatic nitrogens is 2. The molecule has 160 valence electrons. The Morgan fingerprint density at radius 3 is 2.31 bits per heavy atom. The van der Waals surface area contributed by atoms with Gasteiger partial charge in [-0.1, -0.05) is 19.3 Å². The van der Waals surface area contributed by atoms with Crippen LogP contribution in [-0.2, 0) is 9.59 Å². The Bertz CT molecular complexity index is 704. The van der Waals surface area contributed by atoms with E-state index in [9.17, 15) is 9.59 Å². The zero-order valence-electron chi connectivity index (χ0n) is 17.3. The van der Waals surface area contributed by atoms with Crippen LogP contribution < -0.4 is 10.2 Å². The molecule has 8 nitrogen and oxygen atoms in total. The number of nitrogens with zero attached hydrogens (tertiary/aromatic N) is 5. The first kappa shape index (κ1) is 20.5. The number of hydrogen-bond acceptors (Lipinski definition) is 7. The Morgan fingerprint density at radius 2 is 1.66 bits per heavy atom. The van der Waals surface area contributed by atoms with Crippen LogP contribution in [0.25, 0.3) is 0 Å². The van der Waals surface area contributed by atoms with Crippen LogP contribution in [0.1, 0.15) is 51.9 Å². The SMILES string of the molecule is CC(=O)Nc1nsc(N2CCC(C(=O)N3CCN(C4CCCCC4)CC3)CC2)n1. The van der Waals surface area contributed by atoms with Crippen molar-refractivity contribution >= 4 is 34.4 Å². The van der Waals surface area contributed by atoms with Gasteiger partial charge in [0.25, 0.3) is 0 Å². The molecule has 1 N–H and O–H groups in total. The molecule has 1 saturated carbocycles. The molecule has 3 fully saturated rings. The summed E-state index contributed by atoms with van der Waals surface area (Å²) in [5, 5.41) is 3.44. The lowest BCUT2D eigenvalue weighted by Crippen LogP contribution is -2.54. The third kappa shape index (κ3) is 5.06. The van der Waals surface area contributed by atoms with Crippen molar-refractivity contribution in [3.05, 3.63) is 0 Å². The highest BCUT2D eigenvalue weighted by Crippen LogP contribution is 2.28. The van der Waals surface area contributed by atoms with Crippen molar-refractivity contribution in [1.82, 2.24) is 19.2 Å². The first-order chi connectivity index (χ1) is 14.1. The molecule has 2 aliphatic heterocycles. The van der Waals surface area contributed by atoms with Crippen LogP contribution in [-0.4, -0.2) is 76.3 Å². The monoisotopic (exact) mass is 420 g/mol. The number of anilines is 2. The van der Waals surface area contributed by atoms with Crippen molar-refractivity contribution in [3.8, 4) is 0 Å². The van der Waals surface area contributed by atoms with Crippen molar-refractivity contribution in [2.45, 2.75) is 57.9 Å². The van der Waals surface area contributed by atoms with Gasteiger partial charge in [-0.15, -0.1) is 0 Å². The summed E-state index contributed by atoms with van der Waals surface area (Å²) < 4.78 is 4.18. The fraction of sp³-hybridized carbons (Fsp3) is 0.800. The second kappa shape index (κ2) is 9.38. The fourth-order valence-electron chi connectivity index (χ4n) is 4.88. The second-order valence-corrected chi connectivity index (χ2v) is 9.23. The van der Waals surface area contributed by atoms with Crippen molar-refractivity contribution in [2.75, 3.05) is 49.5 Å². The largest absolute Gasteiger partial charge is 0.347 e. The standard InChI is InChI=1S/C20H32N6O2S/c1-15(27)21-19-22-20(29-23-19)26-9-7-16(8-10-26)18(28)25-13-11-24(12-14-25)17-5-3-2-4-6-17/h16-17H,2-14H2,1H3,(H,21,23,27). The van der Waals surface area contributed by atoms with Crippen molar-refractivity contribution in [1.29, 1.82) is 0 Å². The van der Waals surface area contributed by atoms with Gasteiger partial charge in [0, 0.05) is 69.7 Å². The maximum absolute atomic E-state index is 13.0. The molecule has 1 aromatic heterocycles. The van der Waals surface area contributed by atoms with Crippen LogP contribution in [0.15, 0.2) is 0 Å². The summed E-state index contributed by atoms with van der Waals surface area (Å²) in [4.78, 5) is 35.4. The molecule has 1 aliphatic carbocycles. The Hall–Kier alpha value is -1.74. The molecule has 3 heterocycles. The lowest BCUT2D eigenvalue weighted by atomic mass is 9.93. The lowest BCUT2D eigenvalue weighted by Gasteiger charge is -2.42. The van der Waals surface area contributed by atoms with E-state index in [-0.39, 0.29) is 11.8 Å². The van der Waals surface area contributed by atoms with Gasteiger partial charge >= 0.3 is 0 Å². The molecule has 0 radical (unpaired) electrons. The molecule has 0 bridgehead atoms. The van der Waals surface area contributed by atoms with E-state index in [4.69, 9.17) is 0 Å². The molecule has 0 aromatic carbocycles. The molecule has 9 heteroatoms. The number of rotatable bonds is 4. The van der Waals surface area contributed by atoms with E-state index in [0.29, 0.717) is 11.9 Å². The summed E-state index contributed by atoms with van der Waals surface area (Å²) in [6.45, 7) is 6.91. The lowest BCUT2D eigenvalue weighted by molar-refractivity contribution is -0.138. The number of amides is 2. The van der Waals surface area contributed by atoms with E-state index < -0.39 is 0 Å². The van der Waals surface area contributed by atoms with E-state index >= 15 is 0 Å². The third-order valence-electron chi connectivity index (χ3n) is 6.53. The zero-order valence-corrected chi connectivity index (χ0v) is 18.1. The molecule has 2 amide bonds. The van der Waals surface area contributed by atoms with Crippen molar-refractivity contribution in [2.24, 2.45) is 5.92 Å². The Morgan fingerprint density at radius 1 is 0.966 bits per heavy atom. The summed E-state index contributed by atoms with van der Waals surface area (Å²) in [5.41, 5.74) is 0. The molecule has 0 spiro atoms. The summed E-state index contributed by atoms with van der Waals surface area (Å²) >= 11 is 1.30. The molecular weight excluding hydrogens is 388 g/mol. The van der Waals surface area contributed by atoms with Gasteiger partial charge in [-0.05, 0) is 25.7 Å². The molecule has 2 saturated heterocycles. The first-order valence-corrected chi connectivity index (χ1v) is 11.8. The van der Waals surface area contributed by atoms with Gasteiger partial charge in [0.15, 0.2) is 0 Å². The van der Waals surface area contributed by atoms with Gasteiger partial charge in [0.1, 0.15) is 0 Å². The number of piperidine rings is 1. The summed E-state index contributed by atoms with van der Waals surface area (Å²) in [6.07, 6.45) is 8.50. The molecular formula is C20H32N6O2S. The Kier molecular flexibility index (Phi) is 6.64. The topological polar surface area (TPSA) is 81.7 Å². The Labute approximate surface area is 176 Å². The minimum atomic E-state index is -0.165. The number of carbonyl (C=O) groups is 2. The second-order valence-electron chi connectivity index (χ2n) is 8.50. The van der Waals surface area contributed by atoms with Gasteiger partial charge < -0.3 is 9.80 Å². The minimum absolute atomic E-state index is 0.121. The fourth-order valence-corrected chi connectivity index (χ4v) is 5.56. The zero-order chi connectivity index (χ0) is 20.2. The summed E-state index contributed by atoms with van der Waals surface area (Å²) in [6, 6.07) is 0.749.